The van der Waals surface area contributed by atoms with Crippen molar-refractivity contribution in [2.45, 2.75) is 54.8 Å². The molecule has 3 atom stereocenters. The van der Waals surface area contributed by atoms with Gasteiger partial charge in [-0.2, -0.15) is 25.3 Å². The summed E-state index contributed by atoms with van der Waals surface area (Å²) in [7, 11) is -16.0. The lowest BCUT2D eigenvalue weighted by Crippen LogP contribution is -2.34. The number of carboxylic acids is 3. The predicted octanol–water partition coefficient (Wildman–Crippen LogP) is -3.81. The Hall–Kier alpha value is -4.44. The van der Waals surface area contributed by atoms with E-state index in [1.165, 1.54) is 0 Å². The van der Waals surface area contributed by atoms with Crippen LogP contribution in [0.2, 0.25) is 0 Å². The number of ether oxygens (including phenoxy) is 3. The number of hydrogen-bond acceptors (Lipinski definition) is 18. The number of carbonyl (C=O) groups excluding carboxylic acids is 3. The molecule has 27 heteroatoms. The van der Waals surface area contributed by atoms with E-state index in [2.05, 4.69) is 29.2 Å². The fourth-order valence-corrected chi connectivity index (χ4v) is 4.80. The summed E-state index contributed by atoms with van der Waals surface area (Å²) in [5.74, 6) is -13.3. The highest BCUT2D eigenvalue weighted by Crippen LogP contribution is 2.13. The number of carbonyl (C=O) groups is 6. The quantitative estimate of drug-likeness (QED) is 0.0483. The normalized spacial score (nSPS) is 13.9. The molecule has 6 N–H and O–H groups in total. The Morgan fingerprint density at radius 1 is 0.489 bits per heavy atom. The van der Waals surface area contributed by atoms with Gasteiger partial charge in [0.25, 0.3) is 30.4 Å². The van der Waals surface area contributed by atoms with Gasteiger partial charge in [-0.15, -0.1) is 0 Å². The molecule has 0 saturated carbocycles. The number of hydrogen-bond donors (Lipinski definition) is 6. The van der Waals surface area contributed by atoms with Gasteiger partial charge in [-0.1, -0.05) is 0 Å². The van der Waals surface area contributed by atoms with Gasteiger partial charge in [-0.25, -0.2) is 15.0 Å². The summed E-state index contributed by atoms with van der Waals surface area (Å²) in [6.07, 6.45) is -4.35. The molecule has 0 fully saturated rings. The van der Waals surface area contributed by atoms with Crippen LogP contribution in [0.4, 0.5) is 0 Å². The molecule has 1 heterocycles. The van der Waals surface area contributed by atoms with Crippen molar-refractivity contribution < 1.29 is 97.2 Å². The molecule has 45 heavy (non-hydrogen) atoms. The highest BCUT2D eigenvalue weighted by molar-refractivity contribution is 7.87. The summed E-state index contributed by atoms with van der Waals surface area (Å²) >= 11 is 0. The first-order valence-electron chi connectivity index (χ1n) is 11.2. The molecule has 0 spiro atoms. The summed E-state index contributed by atoms with van der Waals surface area (Å²) in [6.45, 7) is -3.52. The van der Waals surface area contributed by atoms with Crippen LogP contribution in [0.15, 0.2) is 0 Å². The van der Waals surface area contributed by atoms with E-state index in [1.54, 1.807) is 0 Å². The van der Waals surface area contributed by atoms with Crippen molar-refractivity contribution >= 4 is 66.2 Å². The molecule has 1 rings (SSSR count). The molecule has 0 aliphatic rings. The van der Waals surface area contributed by atoms with E-state index in [0.29, 0.717) is 0 Å². The minimum Gasteiger partial charge on any atom is -0.481 e. The molecular weight excluding hydrogens is 690 g/mol. The van der Waals surface area contributed by atoms with Gasteiger partial charge in [0.2, 0.25) is 0 Å². The summed E-state index contributed by atoms with van der Waals surface area (Å²) in [5.41, 5.74) is 0. The Kier molecular flexibility index (Phi) is 13.3. The van der Waals surface area contributed by atoms with E-state index in [9.17, 15) is 54.0 Å². The predicted molar refractivity (Wildman–Crippen MR) is 132 cm³/mol. The van der Waals surface area contributed by atoms with Gasteiger partial charge >= 0.3 is 35.8 Å². The van der Waals surface area contributed by atoms with Crippen LogP contribution >= 0.6 is 0 Å². The molecule has 24 nitrogen and oxygen atoms in total. The summed E-state index contributed by atoms with van der Waals surface area (Å²) in [6, 6.07) is 0. The fourth-order valence-electron chi connectivity index (χ4n) is 2.81. The third kappa shape index (κ3) is 13.4. The Morgan fingerprint density at radius 3 is 0.844 bits per heavy atom. The van der Waals surface area contributed by atoms with E-state index in [0.717, 1.165) is 0 Å². The van der Waals surface area contributed by atoms with Crippen molar-refractivity contribution in [2.24, 2.45) is 0 Å². The average molecular weight is 712 g/mol. The molecule has 3 unspecified atom stereocenters. The second kappa shape index (κ2) is 15.5. The monoisotopic (exact) mass is 711 g/mol. The molecule has 0 bridgehead atoms. The van der Waals surface area contributed by atoms with Crippen LogP contribution < -0.4 is 0 Å². The summed E-state index contributed by atoms with van der Waals surface area (Å²) in [4.78, 5) is 79.7. The number of carboxylic acid groups (broad SMARTS) is 3. The van der Waals surface area contributed by atoms with Gasteiger partial charge < -0.3 is 29.5 Å². The Bertz CT molecular complexity index is 1460. The third-order valence-electron chi connectivity index (χ3n) is 4.75. The van der Waals surface area contributed by atoms with E-state index in [1.807, 2.05) is 0 Å². The minimum absolute atomic E-state index is 0.742. The summed E-state index contributed by atoms with van der Waals surface area (Å²) < 4.78 is 109. The molecule has 0 aromatic carbocycles. The van der Waals surface area contributed by atoms with E-state index >= 15 is 0 Å². The highest BCUT2D eigenvalue weighted by Gasteiger charge is 2.37. The first kappa shape index (κ1) is 38.6. The molecule has 1 aromatic rings. The lowest BCUT2D eigenvalue weighted by Gasteiger charge is -2.14. The summed E-state index contributed by atoms with van der Waals surface area (Å²) in [5, 5.41) is 18.4. The van der Waals surface area contributed by atoms with Crippen molar-refractivity contribution in [2.75, 3.05) is 0 Å². The number of nitrogens with zero attached hydrogens (tertiary/aromatic N) is 3. The van der Waals surface area contributed by atoms with Crippen molar-refractivity contribution in [1.29, 1.82) is 0 Å². The van der Waals surface area contributed by atoms with Crippen LogP contribution in [0.25, 0.3) is 0 Å². The third-order valence-corrected chi connectivity index (χ3v) is 7.99. The van der Waals surface area contributed by atoms with Crippen LogP contribution in [0.5, 0.6) is 0 Å². The number of aliphatic carboxylic acids is 3. The van der Waals surface area contributed by atoms with Crippen molar-refractivity contribution in [3.8, 4) is 0 Å². The molecule has 1 aromatic heterocycles. The zero-order chi connectivity index (χ0) is 34.9. The van der Waals surface area contributed by atoms with Gasteiger partial charge in [-0.05, 0) is 0 Å². The number of aromatic nitrogens is 3. The molecule has 0 aliphatic heterocycles. The first-order chi connectivity index (χ1) is 20.4. The van der Waals surface area contributed by atoms with Crippen molar-refractivity contribution in [1.82, 2.24) is 15.0 Å². The van der Waals surface area contributed by atoms with Crippen LogP contribution in [0, 0.1) is 0 Å². The maximum atomic E-state index is 12.1. The topological polar surface area (TPSA) is 393 Å². The zero-order valence-electron chi connectivity index (χ0n) is 21.8. The molecule has 0 radical (unpaired) electrons. The number of esters is 3. The lowest BCUT2D eigenvalue weighted by atomic mass is 10.3. The van der Waals surface area contributed by atoms with Gasteiger partial charge in [0, 0.05) is 0 Å². The maximum absolute atomic E-state index is 12.1. The SMILES string of the molecule is O=C(O)CC(C(=O)OCc1nc(COC(=O)C(CC(=O)O)S(=O)(=O)O)nc(COC(=O)C(CC(=O)O)S(=O)(=O)O)n1)S(=O)(=O)O. The average Bonchev–Trinajstić information content (AvgIpc) is 2.87. The van der Waals surface area contributed by atoms with Gasteiger partial charge in [0.05, 0.1) is 19.3 Å². The first-order valence-corrected chi connectivity index (χ1v) is 15.7. The Morgan fingerprint density at radius 2 is 0.689 bits per heavy atom. The minimum atomic E-state index is -5.32. The molecular formula is C18H21N3O21S3. The second-order valence-corrected chi connectivity index (χ2v) is 13.0. The highest BCUT2D eigenvalue weighted by atomic mass is 32.2. The number of rotatable bonds is 18. The van der Waals surface area contributed by atoms with Crippen LogP contribution in [-0.4, -0.2) is 121 Å². The Balaban J connectivity index is 3.36. The molecule has 0 saturated heterocycles. The fraction of sp³-hybridized carbons (Fsp3) is 0.500. The van der Waals surface area contributed by atoms with Crippen LogP contribution in [-0.2, 0) is 93.2 Å². The molecule has 0 aliphatic carbocycles. The van der Waals surface area contributed by atoms with Gasteiger partial charge in [0.1, 0.15) is 0 Å². The Labute approximate surface area is 250 Å². The van der Waals surface area contributed by atoms with Crippen LogP contribution in [0.3, 0.4) is 0 Å². The molecule has 252 valence electrons. The zero-order valence-corrected chi connectivity index (χ0v) is 24.3. The van der Waals surface area contributed by atoms with Gasteiger partial charge in [-0.3, -0.25) is 42.4 Å². The molecule has 0 amide bonds. The van der Waals surface area contributed by atoms with E-state index in [4.69, 9.17) is 29.0 Å². The lowest BCUT2D eigenvalue weighted by molar-refractivity contribution is -0.148. The largest absolute Gasteiger partial charge is 0.481 e. The van der Waals surface area contributed by atoms with E-state index in [-0.39, 0.29) is 0 Å². The van der Waals surface area contributed by atoms with E-state index < -0.39 is 138 Å². The van der Waals surface area contributed by atoms with Crippen molar-refractivity contribution in [3.05, 3.63) is 17.5 Å². The van der Waals surface area contributed by atoms with Crippen molar-refractivity contribution in [3.63, 3.8) is 0 Å². The second-order valence-electron chi connectivity index (χ2n) is 8.21. The van der Waals surface area contributed by atoms with Gasteiger partial charge in [0.15, 0.2) is 53.0 Å². The standard InChI is InChI=1S/C18H21N3O21S3/c22-13(23)1-7(43(31,32)33)16(28)40-4-10-19-11(5-41-17(29)8(2-14(24)25)44(34,35)36)21-12(20-10)6-42-18(30)9(3-15(26)27)45(37,38)39/h7-9H,1-6H2,(H,22,23)(H,24,25)(H,26,27)(H,31,32,33)(H,34,35,36)(H,37,38,39). The maximum Gasteiger partial charge on any atom is 0.327 e. The van der Waals surface area contributed by atoms with Crippen LogP contribution in [0.1, 0.15) is 36.7 Å². The smallest absolute Gasteiger partial charge is 0.327 e.